The first kappa shape index (κ1) is 23.6. The molecule has 0 aliphatic heterocycles. The maximum atomic E-state index is 12.4. The number of nitrogens with one attached hydrogen (secondary N) is 1. The van der Waals surface area contributed by atoms with Crippen LogP contribution in [0.1, 0.15) is 12.5 Å². The molecule has 1 N–H and O–H groups in total. The van der Waals surface area contributed by atoms with Gasteiger partial charge in [-0.25, -0.2) is 4.98 Å². The first-order valence-electron chi connectivity index (χ1n) is 10.5. The summed E-state index contributed by atoms with van der Waals surface area (Å²) in [6.07, 6.45) is 4.59. The highest BCUT2D eigenvalue weighted by Gasteiger charge is 2.05. The molecule has 0 fully saturated rings. The second kappa shape index (κ2) is 11.5. The minimum absolute atomic E-state index is 0.191. The van der Waals surface area contributed by atoms with Crippen LogP contribution in [-0.4, -0.2) is 42.8 Å². The highest BCUT2D eigenvalue weighted by Crippen LogP contribution is 2.27. The number of rotatable bonds is 10. The van der Waals surface area contributed by atoms with Crippen molar-refractivity contribution < 1.29 is 19.0 Å². The molecule has 2 aromatic carbocycles. The maximum absolute atomic E-state index is 12.4. The van der Waals surface area contributed by atoms with E-state index in [0.29, 0.717) is 36.9 Å². The Morgan fingerprint density at radius 2 is 1.82 bits per heavy atom. The molecule has 3 rings (SSSR count). The van der Waals surface area contributed by atoms with Crippen LogP contribution in [0.3, 0.4) is 0 Å². The van der Waals surface area contributed by atoms with E-state index in [9.17, 15) is 9.59 Å². The highest BCUT2D eigenvalue weighted by molar-refractivity contribution is 5.91. The average molecular weight is 450 g/mol. The van der Waals surface area contributed by atoms with Crippen molar-refractivity contribution in [3.05, 3.63) is 76.9 Å². The third kappa shape index (κ3) is 6.46. The first-order chi connectivity index (χ1) is 16.0. The third-order valence-electron chi connectivity index (χ3n) is 4.83. The number of benzene rings is 2. The monoisotopic (exact) mass is 449 g/mol. The quantitative estimate of drug-likeness (QED) is 0.478. The zero-order chi connectivity index (χ0) is 23.6. The fourth-order valence-corrected chi connectivity index (χ4v) is 3.13. The molecule has 33 heavy (non-hydrogen) atoms. The van der Waals surface area contributed by atoms with Gasteiger partial charge in [0.1, 0.15) is 5.75 Å². The van der Waals surface area contributed by atoms with Gasteiger partial charge in [0.2, 0.25) is 5.91 Å². The van der Waals surface area contributed by atoms with Crippen molar-refractivity contribution in [2.24, 2.45) is 0 Å². The Kier molecular flexibility index (Phi) is 8.24. The van der Waals surface area contributed by atoms with Gasteiger partial charge < -0.3 is 19.5 Å². The SMILES string of the molecule is CCOc1ccc(-c2cc(=O)n(CCNC(=O)/C=C/c3ccc(OC)c(OC)c3)cn2)cc1. The molecule has 0 bridgehead atoms. The zero-order valence-electron chi connectivity index (χ0n) is 18.9. The van der Waals surface area contributed by atoms with Crippen LogP contribution in [0.2, 0.25) is 0 Å². The van der Waals surface area contributed by atoms with Crippen LogP contribution >= 0.6 is 0 Å². The molecule has 0 atom stereocenters. The summed E-state index contributed by atoms with van der Waals surface area (Å²) in [5.41, 5.74) is 2.02. The topological polar surface area (TPSA) is 91.7 Å². The minimum atomic E-state index is -0.267. The van der Waals surface area contributed by atoms with Crippen molar-refractivity contribution in [3.8, 4) is 28.5 Å². The van der Waals surface area contributed by atoms with Gasteiger partial charge in [0, 0.05) is 30.8 Å². The average Bonchev–Trinajstić information content (AvgIpc) is 2.84. The Morgan fingerprint density at radius 1 is 1.06 bits per heavy atom. The lowest BCUT2D eigenvalue weighted by atomic mass is 10.1. The lowest BCUT2D eigenvalue weighted by Gasteiger charge is -2.08. The standard InChI is InChI=1S/C25H27N3O5/c1-4-33-20-9-7-19(8-10-20)21-16-25(30)28(17-27-21)14-13-26-24(29)12-6-18-5-11-22(31-2)23(15-18)32-3/h5-12,15-17H,4,13-14H2,1-3H3,(H,26,29)/b12-6+. The summed E-state index contributed by atoms with van der Waals surface area (Å²) in [7, 11) is 3.12. The van der Waals surface area contributed by atoms with Crippen molar-refractivity contribution in [2.75, 3.05) is 27.4 Å². The fourth-order valence-electron chi connectivity index (χ4n) is 3.13. The van der Waals surface area contributed by atoms with E-state index in [1.165, 1.54) is 23.0 Å². The van der Waals surface area contributed by atoms with Gasteiger partial charge in [-0.15, -0.1) is 0 Å². The summed E-state index contributed by atoms with van der Waals surface area (Å²) in [6, 6.07) is 14.3. The van der Waals surface area contributed by atoms with E-state index in [0.717, 1.165) is 16.9 Å². The molecule has 0 aliphatic carbocycles. The van der Waals surface area contributed by atoms with E-state index < -0.39 is 0 Å². The van der Waals surface area contributed by atoms with Gasteiger partial charge in [-0.2, -0.15) is 0 Å². The number of ether oxygens (including phenoxy) is 3. The van der Waals surface area contributed by atoms with E-state index >= 15 is 0 Å². The van der Waals surface area contributed by atoms with Crippen LogP contribution in [0.5, 0.6) is 17.2 Å². The maximum Gasteiger partial charge on any atom is 0.253 e. The van der Waals surface area contributed by atoms with Gasteiger partial charge in [0.05, 0.1) is 32.8 Å². The molecule has 3 aromatic rings. The molecule has 1 aromatic heterocycles. The smallest absolute Gasteiger partial charge is 0.253 e. The van der Waals surface area contributed by atoms with Crippen LogP contribution in [0.25, 0.3) is 17.3 Å². The van der Waals surface area contributed by atoms with Gasteiger partial charge in [0.15, 0.2) is 11.5 Å². The molecule has 8 heteroatoms. The fraction of sp³-hybridized carbons (Fsp3) is 0.240. The van der Waals surface area contributed by atoms with Gasteiger partial charge in [-0.05, 0) is 55.0 Å². The molecule has 0 saturated carbocycles. The second-order valence-electron chi connectivity index (χ2n) is 7.00. The van der Waals surface area contributed by atoms with Crippen molar-refractivity contribution in [1.29, 1.82) is 0 Å². The predicted octanol–water partition coefficient (Wildman–Crippen LogP) is 3.16. The van der Waals surface area contributed by atoms with Crippen LogP contribution in [0, 0.1) is 0 Å². The number of hydrogen-bond donors (Lipinski definition) is 1. The molecule has 0 spiro atoms. The first-order valence-corrected chi connectivity index (χ1v) is 10.5. The van der Waals surface area contributed by atoms with Gasteiger partial charge in [-0.1, -0.05) is 6.07 Å². The summed E-state index contributed by atoms with van der Waals surface area (Å²) >= 11 is 0. The van der Waals surface area contributed by atoms with Crippen LogP contribution in [-0.2, 0) is 11.3 Å². The van der Waals surface area contributed by atoms with Crippen LogP contribution < -0.4 is 25.1 Å². The number of methoxy groups -OCH3 is 2. The van der Waals surface area contributed by atoms with Crippen molar-refractivity contribution >= 4 is 12.0 Å². The second-order valence-corrected chi connectivity index (χ2v) is 7.00. The van der Waals surface area contributed by atoms with Crippen LogP contribution in [0.4, 0.5) is 0 Å². The van der Waals surface area contributed by atoms with Gasteiger partial charge >= 0.3 is 0 Å². The largest absolute Gasteiger partial charge is 0.494 e. The van der Waals surface area contributed by atoms with Gasteiger partial charge in [-0.3, -0.25) is 14.2 Å². The molecule has 172 valence electrons. The molecular weight excluding hydrogens is 422 g/mol. The highest BCUT2D eigenvalue weighted by atomic mass is 16.5. The van der Waals surface area contributed by atoms with Crippen LogP contribution in [0.15, 0.2) is 65.7 Å². The zero-order valence-corrected chi connectivity index (χ0v) is 18.9. The summed E-state index contributed by atoms with van der Waals surface area (Å²) in [5, 5.41) is 2.76. The number of carbonyl (C=O) groups is 1. The molecule has 0 saturated heterocycles. The molecule has 1 amide bonds. The number of aromatic nitrogens is 2. The number of hydrogen-bond acceptors (Lipinski definition) is 6. The Morgan fingerprint density at radius 3 is 2.48 bits per heavy atom. The van der Waals surface area contributed by atoms with Crippen molar-refractivity contribution in [2.45, 2.75) is 13.5 Å². The van der Waals surface area contributed by atoms with E-state index in [2.05, 4.69) is 10.3 Å². The normalized spacial score (nSPS) is 10.8. The van der Waals surface area contributed by atoms with E-state index in [4.69, 9.17) is 14.2 Å². The summed E-state index contributed by atoms with van der Waals surface area (Å²) in [6.45, 7) is 3.12. The molecule has 8 nitrogen and oxygen atoms in total. The number of nitrogens with zero attached hydrogens (tertiary/aromatic N) is 2. The predicted molar refractivity (Wildman–Crippen MR) is 127 cm³/mol. The summed E-state index contributed by atoms with van der Waals surface area (Å²) in [5.74, 6) is 1.70. The molecule has 0 aliphatic rings. The van der Waals surface area contributed by atoms with E-state index in [1.54, 1.807) is 32.4 Å². The lowest BCUT2D eigenvalue weighted by molar-refractivity contribution is -0.116. The Balaban J connectivity index is 1.54. The van der Waals surface area contributed by atoms with Crippen molar-refractivity contribution in [3.63, 3.8) is 0 Å². The summed E-state index contributed by atoms with van der Waals surface area (Å²) < 4.78 is 17.3. The Hall–Kier alpha value is -4.07. The van der Waals surface area contributed by atoms with E-state index in [-0.39, 0.29) is 11.5 Å². The molecular formula is C25H27N3O5. The Bertz CT molecular complexity index is 1170. The molecule has 0 unspecified atom stereocenters. The number of carbonyl (C=O) groups excluding carboxylic acids is 1. The third-order valence-corrected chi connectivity index (χ3v) is 4.83. The minimum Gasteiger partial charge on any atom is -0.494 e. The Labute approximate surface area is 192 Å². The summed E-state index contributed by atoms with van der Waals surface area (Å²) in [4.78, 5) is 28.9. The lowest BCUT2D eigenvalue weighted by Crippen LogP contribution is -2.29. The molecule has 1 heterocycles. The van der Waals surface area contributed by atoms with Gasteiger partial charge in [0.25, 0.3) is 5.56 Å². The van der Waals surface area contributed by atoms with E-state index in [1.807, 2.05) is 37.3 Å². The molecule has 0 radical (unpaired) electrons. The number of amides is 1. The van der Waals surface area contributed by atoms with Crippen molar-refractivity contribution in [1.82, 2.24) is 14.9 Å².